The molecule has 2 aromatic carbocycles. The molecule has 2 rings (SSSR count). The molecule has 34 heavy (non-hydrogen) atoms. The summed E-state index contributed by atoms with van der Waals surface area (Å²) >= 11 is 0. The largest absolute Gasteiger partial charge is 0.490 e. The van der Waals surface area contributed by atoms with Crippen LogP contribution in [0.5, 0.6) is 5.75 Å². The minimum atomic E-state index is -10.1. The van der Waals surface area contributed by atoms with Crippen LogP contribution in [0.4, 0.5) is 51.5 Å². The third-order valence-electron chi connectivity index (χ3n) is 4.11. The summed E-state index contributed by atoms with van der Waals surface area (Å²) in [6.07, 6.45) is -10.4. The fraction of sp³-hybridized carbons (Fsp3) is 0.278. The van der Waals surface area contributed by atoms with Crippen molar-refractivity contribution < 1.29 is 60.4 Å². The number of benzene rings is 2. The highest BCUT2D eigenvalue weighted by atomic mass is 32.5. The second-order valence-corrected chi connectivity index (χ2v) is 9.66. The Balaban J connectivity index is 2.24. The van der Waals surface area contributed by atoms with Crippen LogP contribution in [0.1, 0.15) is 18.1 Å². The molecule has 0 aromatic heterocycles. The number of carbonyl (C=O) groups is 1. The minimum absolute atomic E-state index is 0.0460. The Labute approximate surface area is 184 Å². The number of carbonyl (C=O) groups excluding carboxylic acids is 1. The molecule has 0 heterocycles. The van der Waals surface area contributed by atoms with Crippen LogP contribution in [0.15, 0.2) is 47.4 Å². The molecule has 16 heteroatoms. The average molecular weight is 533 g/mol. The number of aliphatic hydroxyl groups is 1. The summed E-state index contributed by atoms with van der Waals surface area (Å²) < 4.78 is 147. The van der Waals surface area contributed by atoms with Gasteiger partial charge in [-0.3, -0.25) is 4.79 Å². The fourth-order valence-electron chi connectivity index (χ4n) is 2.38. The fourth-order valence-corrected chi connectivity index (χ4v) is 3.06. The third-order valence-corrected chi connectivity index (χ3v) is 5.25. The maximum absolute atomic E-state index is 12.9. The second kappa shape index (κ2) is 7.63. The van der Waals surface area contributed by atoms with Gasteiger partial charge in [-0.1, -0.05) is 25.5 Å². The molecule has 0 fully saturated rings. The Morgan fingerprint density at radius 2 is 1.41 bits per heavy atom. The number of anilines is 1. The monoisotopic (exact) mass is 533 g/mol. The molecule has 0 saturated heterocycles. The van der Waals surface area contributed by atoms with E-state index in [9.17, 15) is 55.7 Å². The molecule has 2 N–H and O–H groups in total. The molecule has 0 saturated carbocycles. The first-order chi connectivity index (χ1) is 14.9. The Kier molecular flexibility index (Phi) is 6.17. The van der Waals surface area contributed by atoms with Gasteiger partial charge in [-0.25, -0.2) is 0 Å². The maximum atomic E-state index is 12.9. The van der Waals surface area contributed by atoms with Gasteiger partial charge in [0, 0.05) is 5.69 Å². The highest BCUT2D eigenvalue weighted by Gasteiger charge is 2.65. The van der Waals surface area contributed by atoms with Gasteiger partial charge in [0.05, 0.1) is 11.1 Å². The van der Waals surface area contributed by atoms with Gasteiger partial charge < -0.3 is 15.2 Å². The number of amides is 1. The molecule has 0 aliphatic heterocycles. The number of rotatable bonds is 6. The van der Waals surface area contributed by atoms with Crippen molar-refractivity contribution in [3.05, 3.63) is 53.6 Å². The van der Waals surface area contributed by atoms with Gasteiger partial charge in [-0.2, -0.15) is 26.3 Å². The normalized spacial score (nSPS) is 16.7. The number of ether oxygens (including phenoxy) is 1. The van der Waals surface area contributed by atoms with Crippen LogP contribution in [0.25, 0.3) is 0 Å². The zero-order valence-corrected chi connectivity index (χ0v) is 17.4. The lowest BCUT2D eigenvalue weighted by Crippen LogP contribution is -2.45. The summed E-state index contributed by atoms with van der Waals surface area (Å²) in [6, 6.07) is 1.38. The lowest BCUT2D eigenvalue weighted by Gasteiger charge is -2.40. The first-order valence-corrected chi connectivity index (χ1v) is 10.6. The van der Waals surface area contributed by atoms with E-state index < -0.39 is 68.2 Å². The quantitative estimate of drug-likeness (QED) is 0.388. The molecule has 1 unspecified atom stereocenters. The lowest BCUT2D eigenvalue weighted by atomic mass is 10.1. The van der Waals surface area contributed by atoms with E-state index in [1.807, 2.05) is 0 Å². The van der Waals surface area contributed by atoms with Gasteiger partial charge in [0.15, 0.2) is 5.60 Å². The molecule has 192 valence electrons. The maximum Gasteiger partial charge on any atom is 0.416 e. The van der Waals surface area contributed by atoms with Crippen LogP contribution >= 0.6 is 10.2 Å². The van der Waals surface area contributed by atoms with E-state index in [1.165, 1.54) is 0 Å². The Morgan fingerprint density at radius 1 is 0.912 bits per heavy atom. The smallest absolute Gasteiger partial charge is 0.416 e. The zero-order valence-electron chi connectivity index (χ0n) is 16.6. The van der Waals surface area contributed by atoms with Crippen LogP contribution in [0, 0.1) is 0 Å². The van der Waals surface area contributed by atoms with Gasteiger partial charge in [0.1, 0.15) is 17.3 Å². The molecule has 0 radical (unpaired) electrons. The standard InChI is InChI=1S/C18H14F11NO3S/c1-16(32,15(31)30-12-3-2-4-14(8-12)34(25,26,27,28)29)9-33-13-6-10(17(19,20)21)5-11(7-13)18(22,23)24/h2-8,32H,9H2,1H3,(H,30,31). The first kappa shape index (κ1) is 27.5. The Hall–Kier alpha value is -2.75. The Morgan fingerprint density at radius 3 is 1.85 bits per heavy atom. The molecule has 4 nitrogen and oxygen atoms in total. The van der Waals surface area contributed by atoms with Crippen LogP contribution in [-0.4, -0.2) is 23.2 Å². The summed E-state index contributed by atoms with van der Waals surface area (Å²) in [4.78, 5) is 9.82. The van der Waals surface area contributed by atoms with Crippen LogP contribution in [0.3, 0.4) is 0 Å². The van der Waals surface area contributed by atoms with Crippen molar-refractivity contribution in [2.45, 2.75) is 29.8 Å². The number of hydrogen-bond acceptors (Lipinski definition) is 3. The third kappa shape index (κ3) is 7.12. The van der Waals surface area contributed by atoms with Crippen LogP contribution in [0.2, 0.25) is 0 Å². The Bertz CT molecular complexity index is 1060. The predicted molar refractivity (Wildman–Crippen MR) is 99.0 cm³/mol. The van der Waals surface area contributed by atoms with Crippen molar-refractivity contribution >= 4 is 21.8 Å². The molecular weight excluding hydrogens is 519 g/mol. The van der Waals surface area contributed by atoms with E-state index in [1.54, 1.807) is 5.32 Å². The van der Waals surface area contributed by atoms with Gasteiger partial charge in [0.25, 0.3) is 5.91 Å². The van der Waals surface area contributed by atoms with E-state index in [0.29, 0.717) is 13.0 Å². The molecule has 2 aromatic rings. The van der Waals surface area contributed by atoms with Crippen molar-refractivity contribution in [1.29, 1.82) is 0 Å². The van der Waals surface area contributed by atoms with E-state index in [0.717, 1.165) is 6.07 Å². The summed E-state index contributed by atoms with van der Waals surface area (Å²) in [5.41, 5.74) is -7.03. The molecule has 0 spiro atoms. The van der Waals surface area contributed by atoms with Gasteiger partial charge in [0.2, 0.25) is 0 Å². The zero-order chi connectivity index (χ0) is 26.4. The van der Waals surface area contributed by atoms with Gasteiger partial charge in [-0.05, 0) is 43.3 Å². The first-order valence-electron chi connectivity index (χ1n) is 8.69. The summed E-state index contributed by atoms with van der Waals surface area (Å²) in [6.45, 7) is -0.576. The summed E-state index contributed by atoms with van der Waals surface area (Å²) in [5, 5.41) is 11.8. The number of halogens is 11. The van der Waals surface area contributed by atoms with E-state index in [4.69, 9.17) is 4.74 Å². The highest BCUT2D eigenvalue weighted by Crippen LogP contribution is 3.02. The van der Waals surface area contributed by atoms with Crippen molar-refractivity contribution in [2.24, 2.45) is 0 Å². The number of nitrogens with one attached hydrogen (secondary N) is 1. The minimum Gasteiger partial charge on any atom is -0.490 e. The number of hydrogen-bond donors (Lipinski definition) is 2. The van der Waals surface area contributed by atoms with E-state index in [2.05, 4.69) is 0 Å². The summed E-state index contributed by atoms with van der Waals surface area (Å²) in [7, 11) is -10.1. The van der Waals surface area contributed by atoms with Crippen molar-refractivity contribution in [3.8, 4) is 5.75 Å². The summed E-state index contributed by atoms with van der Waals surface area (Å²) in [5.74, 6) is -2.58. The topological polar surface area (TPSA) is 58.6 Å². The SMILES string of the molecule is CC(O)(COc1cc(C(F)(F)F)cc(C(F)(F)F)c1)C(=O)Nc1cccc(S(F)(F)(F)(F)F)c1. The highest BCUT2D eigenvalue weighted by molar-refractivity contribution is 8.45. The van der Waals surface area contributed by atoms with Gasteiger partial charge >= 0.3 is 22.6 Å². The molecule has 0 aliphatic rings. The van der Waals surface area contributed by atoms with Gasteiger partial charge in [-0.15, -0.1) is 0 Å². The average Bonchev–Trinajstić information content (AvgIpc) is 2.63. The van der Waals surface area contributed by atoms with E-state index >= 15 is 0 Å². The van der Waals surface area contributed by atoms with Crippen molar-refractivity contribution in [3.63, 3.8) is 0 Å². The molecule has 1 amide bonds. The second-order valence-electron chi connectivity index (χ2n) is 7.26. The lowest BCUT2D eigenvalue weighted by molar-refractivity contribution is -0.143. The van der Waals surface area contributed by atoms with E-state index in [-0.39, 0.29) is 30.3 Å². The van der Waals surface area contributed by atoms with Crippen molar-refractivity contribution in [1.82, 2.24) is 0 Å². The number of alkyl halides is 6. The molecular formula is C18H14F11NO3S. The predicted octanol–water partition coefficient (Wildman–Crippen LogP) is 7.15. The van der Waals surface area contributed by atoms with Crippen molar-refractivity contribution in [2.75, 3.05) is 11.9 Å². The van der Waals surface area contributed by atoms with Crippen LogP contribution in [-0.2, 0) is 17.1 Å². The van der Waals surface area contributed by atoms with Crippen LogP contribution < -0.4 is 10.1 Å². The molecule has 0 bridgehead atoms. The molecule has 1 atom stereocenters. The molecule has 0 aliphatic carbocycles.